The monoisotopic (exact) mass is 326 g/mol. The summed E-state index contributed by atoms with van der Waals surface area (Å²) in [5.74, 6) is 0.862. The second kappa shape index (κ2) is 6.10. The van der Waals surface area contributed by atoms with Gasteiger partial charge >= 0.3 is 0 Å². The highest BCUT2D eigenvalue weighted by Crippen LogP contribution is 2.30. The zero-order chi connectivity index (χ0) is 15.8. The van der Waals surface area contributed by atoms with Gasteiger partial charge in [-0.25, -0.2) is 0 Å². The second-order valence-electron chi connectivity index (χ2n) is 6.85. The summed E-state index contributed by atoms with van der Waals surface area (Å²) in [4.78, 5) is 17.0. The van der Waals surface area contributed by atoms with Crippen LogP contribution in [0.15, 0.2) is 36.4 Å². The van der Waals surface area contributed by atoms with E-state index in [1.807, 2.05) is 6.07 Å². The SMILES string of the molecule is Cc1ccc(-c2ccc(C(=O)NC3CC4CCN(C4)C3)s2)cc1. The summed E-state index contributed by atoms with van der Waals surface area (Å²) in [5, 5.41) is 3.24. The van der Waals surface area contributed by atoms with E-state index >= 15 is 0 Å². The summed E-state index contributed by atoms with van der Waals surface area (Å²) in [7, 11) is 0. The van der Waals surface area contributed by atoms with E-state index in [2.05, 4.69) is 47.5 Å². The Morgan fingerprint density at radius 3 is 2.78 bits per heavy atom. The molecule has 0 radical (unpaired) electrons. The number of nitrogens with zero attached hydrogens (tertiary/aromatic N) is 1. The molecule has 2 saturated heterocycles. The number of nitrogens with one attached hydrogen (secondary N) is 1. The minimum Gasteiger partial charge on any atom is -0.347 e. The molecule has 4 heteroatoms. The van der Waals surface area contributed by atoms with Crippen LogP contribution in [0.3, 0.4) is 0 Å². The van der Waals surface area contributed by atoms with Crippen molar-refractivity contribution in [3.63, 3.8) is 0 Å². The highest BCUT2D eigenvalue weighted by molar-refractivity contribution is 7.17. The topological polar surface area (TPSA) is 32.3 Å². The Bertz CT molecular complexity index is 694. The Morgan fingerprint density at radius 2 is 2.00 bits per heavy atom. The van der Waals surface area contributed by atoms with E-state index in [9.17, 15) is 4.79 Å². The lowest BCUT2D eigenvalue weighted by molar-refractivity contribution is 0.0913. The molecule has 2 aliphatic heterocycles. The quantitative estimate of drug-likeness (QED) is 0.935. The number of piperidine rings is 1. The molecule has 1 aromatic heterocycles. The maximum absolute atomic E-state index is 12.5. The van der Waals surface area contributed by atoms with Crippen molar-refractivity contribution in [2.75, 3.05) is 19.6 Å². The van der Waals surface area contributed by atoms with Gasteiger partial charge in [0.25, 0.3) is 5.91 Å². The predicted octanol–water partition coefficient (Wildman–Crippen LogP) is 3.55. The molecule has 1 N–H and O–H groups in total. The van der Waals surface area contributed by atoms with Crippen LogP contribution >= 0.6 is 11.3 Å². The molecule has 0 spiro atoms. The summed E-state index contributed by atoms with van der Waals surface area (Å²) in [6.07, 6.45) is 2.43. The van der Waals surface area contributed by atoms with Crippen molar-refractivity contribution in [3.05, 3.63) is 46.8 Å². The molecular weight excluding hydrogens is 304 g/mol. The van der Waals surface area contributed by atoms with Crippen LogP contribution in [0.25, 0.3) is 10.4 Å². The number of amides is 1. The Balaban J connectivity index is 1.44. The molecule has 23 heavy (non-hydrogen) atoms. The average Bonchev–Trinajstić information content (AvgIpc) is 3.15. The van der Waals surface area contributed by atoms with E-state index in [0.29, 0.717) is 6.04 Å². The standard InChI is InChI=1S/C19H22N2OS/c1-13-2-4-15(5-3-13)17-6-7-18(23-17)19(22)20-16-10-14-8-9-21(11-14)12-16/h2-7,14,16H,8-12H2,1H3,(H,20,22). The third kappa shape index (κ3) is 3.19. The van der Waals surface area contributed by atoms with Gasteiger partial charge in [-0.05, 0) is 49.9 Å². The molecule has 4 rings (SSSR count). The van der Waals surface area contributed by atoms with Crippen LogP contribution in [0.1, 0.15) is 28.1 Å². The zero-order valence-electron chi connectivity index (χ0n) is 13.4. The predicted molar refractivity (Wildman–Crippen MR) is 94.9 cm³/mol. The first-order chi connectivity index (χ1) is 11.2. The van der Waals surface area contributed by atoms with Crippen LogP contribution < -0.4 is 5.32 Å². The molecule has 2 aliphatic rings. The van der Waals surface area contributed by atoms with Gasteiger partial charge in [-0.3, -0.25) is 4.79 Å². The fourth-order valence-electron chi connectivity index (χ4n) is 3.75. The Morgan fingerprint density at radius 1 is 1.17 bits per heavy atom. The summed E-state index contributed by atoms with van der Waals surface area (Å²) in [5.41, 5.74) is 2.44. The lowest BCUT2D eigenvalue weighted by Gasteiger charge is -2.30. The molecule has 1 amide bonds. The van der Waals surface area contributed by atoms with Crippen molar-refractivity contribution < 1.29 is 4.79 Å². The molecule has 3 nitrogen and oxygen atoms in total. The highest BCUT2D eigenvalue weighted by atomic mass is 32.1. The molecule has 3 atom stereocenters. The highest BCUT2D eigenvalue weighted by Gasteiger charge is 2.33. The number of carbonyl (C=O) groups excluding carboxylic acids is 1. The number of aryl methyl sites for hydroxylation is 1. The first-order valence-corrected chi connectivity index (χ1v) is 9.19. The van der Waals surface area contributed by atoms with Gasteiger partial charge in [-0.15, -0.1) is 11.3 Å². The first-order valence-electron chi connectivity index (χ1n) is 8.37. The first kappa shape index (κ1) is 14.9. The summed E-state index contributed by atoms with van der Waals surface area (Å²) >= 11 is 1.58. The Kier molecular flexibility index (Phi) is 3.95. The van der Waals surface area contributed by atoms with Crippen LogP contribution in [0.4, 0.5) is 0 Å². The number of hydrogen-bond donors (Lipinski definition) is 1. The number of rotatable bonds is 3. The van der Waals surface area contributed by atoms with Gasteiger partial charge < -0.3 is 10.2 Å². The smallest absolute Gasteiger partial charge is 0.261 e. The van der Waals surface area contributed by atoms with E-state index in [-0.39, 0.29) is 5.91 Å². The molecular formula is C19H22N2OS. The largest absolute Gasteiger partial charge is 0.347 e. The number of carbonyl (C=O) groups is 1. The lowest BCUT2D eigenvalue weighted by Crippen LogP contribution is -2.46. The molecule has 0 saturated carbocycles. The van der Waals surface area contributed by atoms with Crippen molar-refractivity contribution >= 4 is 17.2 Å². The summed E-state index contributed by atoms with van der Waals surface area (Å²) in [6.45, 7) is 5.53. The molecule has 0 aliphatic carbocycles. The van der Waals surface area contributed by atoms with Gasteiger partial charge in [0.05, 0.1) is 4.88 Å². The molecule has 3 unspecified atom stereocenters. The molecule has 3 heterocycles. The summed E-state index contributed by atoms with van der Waals surface area (Å²) < 4.78 is 0. The minimum absolute atomic E-state index is 0.0841. The van der Waals surface area contributed by atoms with Crippen LogP contribution in [0.2, 0.25) is 0 Å². The third-order valence-electron chi connectivity index (χ3n) is 4.97. The fraction of sp³-hybridized carbons (Fsp3) is 0.421. The molecule has 2 aromatic rings. The van der Waals surface area contributed by atoms with Crippen molar-refractivity contribution in [1.82, 2.24) is 10.2 Å². The maximum Gasteiger partial charge on any atom is 0.261 e. The molecule has 120 valence electrons. The van der Waals surface area contributed by atoms with Gasteiger partial charge in [0.1, 0.15) is 0 Å². The second-order valence-corrected chi connectivity index (χ2v) is 7.93. The van der Waals surface area contributed by atoms with Crippen LogP contribution in [0.5, 0.6) is 0 Å². The molecule has 2 fully saturated rings. The van der Waals surface area contributed by atoms with Gasteiger partial charge in [-0.2, -0.15) is 0 Å². The van der Waals surface area contributed by atoms with Crippen molar-refractivity contribution in [3.8, 4) is 10.4 Å². The van der Waals surface area contributed by atoms with E-state index in [1.165, 1.54) is 30.6 Å². The van der Waals surface area contributed by atoms with Gasteiger partial charge in [-0.1, -0.05) is 29.8 Å². The van der Waals surface area contributed by atoms with E-state index in [0.717, 1.165) is 28.6 Å². The van der Waals surface area contributed by atoms with Gasteiger partial charge in [0.15, 0.2) is 0 Å². The third-order valence-corrected chi connectivity index (χ3v) is 6.10. The van der Waals surface area contributed by atoms with Crippen molar-refractivity contribution in [1.29, 1.82) is 0 Å². The molecule has 1 aromatic carbocycles. The van der Waals surface area contributed by atoms with E-state index < -0.39 is 0 Å². The van der Waals surface area contributed by atoms with Crippen LogP contribution in [-0.4, -0.2) is 36.5 Å². The minimum atomic E-state index is 0.0841. The van der Waals surface area contributed by atoms with Crippen molar-refractivity contribution in [2.45, 2.75) is 25.8 Å². The van der Waals surface area contributed by atoms with Crippen LogP contribution in [0, 0.1) is 12.8 Å². The number of thiophene rings is 1. The Hall–Kier alpha value is -1.65. The number of benzene rings is 1. The Labute approximate surface area is 141 Å². The maximum atomic E-state index is 12.5. The number of fused-ring (bicyclic) bond motifs is 2. The normalized spacial score (nSPS) is 26.2. The lowest BCUT2D eigenvalue weighted by atomic mass is 9.97. The summed E-state index contributed by atoms with van der Waals surface area (Å²) in [6, 6.07) is 12.8. The number of hydrogen-bond acceptors (Lipinski definition) is 3. The fourth-order valence-corrected chi connectivity index (χ4v) is 4.67. The molecule has 2 bridgehead atoms. The average molecular weight is 326 g/mol. The van der Waals surface area contributed by atoms with E-state index in [4.69, 9.17) is 0 Å². The van der Waals surface area contributed by atoms with Crippen molar-refractivity contribution in [2.24, 2.45) is 5.92 Å². The zero-order valence-corrected chi connectivity index (χ0v) is 14.2. The van der Waals surface area contributed by atoms with Gasteiger partial charge in [0.2, 0.25) is 0 Å². The van der Waals surface area contributed by atoms with E-state index in [1.54, 1.807) is 11.3 Å². The van der Waals surface area contributed by atoms with Gasteiger partial charge in [0, 0.05) is 24.0 Å². The van der Waals surface area contributed by atoms with Crippen LogP contribution in [-0.2, 0) is 0 Å².